The van der Waals surface area contributed by atoms with Gasteiger partial charge >= 0.3 is 0 Å². The molecule has 0 atom stereocenters. The number of hydrogen-bond acceptors (Lipinski definition) is 2. The molecule has 0 bridgehead atoms. The van der Waals surface area contributed by atoms with Gasteiger partial charge in [-0.15, -0.1) is 0 Å². The minimum absolute atomic E-state index is 0.184. The van der Waals surface area contributed by atoms with Crippen molar-refractivity contribution in [1.29, 1.82) is 0 Å². The Bertz CT molecular complexity index is 414. The van der Waals surface area contributed by atoms with Crippen LogP contribution in [0.3, 0.4) is 0 Å². The van der Waals surface area contributed by atoms with Crippen LogP contribution in [0.2, 0.25) is 0 Å². The third-order valence-electron chi connectivity index (χ3n) is 2.28. The molecule has 0 unspecified atom stereocenters. The van der Waals surface area contributed by atoms with E-state index in [4.69, 9.17) is 0 Å². The second-order valence-corrected chi connectivity index (χ2v) is 5.42. The summed E-state index contributed by atoms with van der Waals surface area (Å²) in [6.45, 7) is 0.461. The number of halogens is 4. The lowest BCUT2D eigenvalue weighted by atomic mass is 10.1. The summed E-state index contributed by atoms with van der Waals surface area (Å²) >= 11 is 0.719. The Kier molecular flexibility index (Phi) is 5.40. The predicted octanol–water partition coefficient (Wildman–Crippen LogP) is 4.63. The molecule has 0 heterocycles. The molecule has 1 nitrogen and oxygen atoms in total. The summed E-state index contributed by atoms with van der Waals surface area (Å²) in [5.74, 6) is -7.05. The minimum atomic E-state index is -3.46. The van der Waals surface area contributed by atoms with Gasteiger partial charge in [0.05, 0.1) is 6.42 Å². The summed E-state index contributed by atoms with van der Waals surface area (Å²) in [6, 6.07) is 8.22. The van der Waals surface area contributed by atoms with E-state index in [1.54, 1.807) is 30.3 Å². The molecule has 0 N–H and O–H groups in total. The van der Waals surface area contributed by atoms with Crippen molar-refractivity contribution in [2.24, 2.45) is 0 Å². The van der Waals surface area contributed by atoms with Crippen LogP contribution in [-0.4, -0.2) is 22.7 Å². The van der Waals surface area contributed by atoms with Gasteiger partial charge in [0.25, 0.3) is 11.8 Å². The van der Waals surface area contributed by atoms with Gasteiger partial charge in [0.1, 0.15) is 0 Å². The number of hydrogen-bond donors (Lipinski definition) is 0. The van der Waals surface area contributed by atoms with Gasteiger partial charge in [-0.25, -0.2) is 17.6 Å². The van der Waals surface area contributed by atoms with Crippen molar-refractivity contribution < 1.29 is 22.4 Å². The first-order valence-electron chi connectivity index (χ1n) is 5.67. The van der Waals surface area contributed by atoms with Gasteiger partial charge in [-0.1, -0.05) is 42.1 Å². The number of benzene rings is 1. The first-order chi connectivity index (χ1) is 8.70. The van der Waals surface area contributed by atoms with Gasteiger partial charge in [0.15, 0.2) is 0 Å². The van der Waals surface area contributed by atoms with Crippen LogP contribution in [0.5, 0.6) is 0 Å². The Morgan fingerprint density at radius 1 is 1.16 bits per heavy atom. The molecule has 0 amide bonds. The normalized spacial score (nSPS) is 12.5. The molecule has 0 aliphatic rings. The van der Waals surface area contributed by atoms with Crippen LogP contribution in [0.4, 0.5) is 17.6 Å². The second-order valence-electron chi connectivity index (χ2n) is 4.35. The standard InChI is InChI=1S/C13H14F4OS/c1-12(14,15)9-13(16,17)7-8-19-11(18)10-5-3-2-4-6-10/h2-6H,7-9H2,1H3. The lowest BCUT2D eigenvalue weighted by Gasteiger charge is -2.19. The van der Waals surface area contributed by atoms with Crippen LogP contribution in [0.1, 0.15) is 30.1 Å². The van der Waals surface area contributed by atoms with Gasteiger partial charge in [0, 0.05) is 17.7 Å². The predicted molar refractivity (Wildman–Crippen MR) is 68.0 cm³/mol. The summed E-state index contributed by atoms with van der Waals surface area (Å²) in [5, 5.41) is -0.334. The van der Waals surface area contributed by atoms with Crippen molar-refractivity contribution in [2.75, 3.05) is 5.75 Å². The van der Waals surface area contributed by atoms with Crippen LogP contribution in [0.15, 0.2) is 30.3 Å². The summed E-state index contributed by atoms with van der Waals surface area (Å²) in [5.41, 5.74) is 0.414. The van der Waals surface area contributed by atoms with E-state index in [1.165, 1.54) is 0 Å². The zero-order valence-electron chi connectivity index (χ0n) is 10.3. The maximum absolute atomic E-state index is 13.2. The molecule has 0 aromatic heterocycles. The molecule has 0 fully saturated rings. The van der Waals surface area contributed by atoms with E-state index >= 15 is 0 Å². The van der Waals surface area contributed by atoms with E-state index in [9.17, 15) is 22.4 Å². The topological polar surface area (TPSA) is 17.1 Å². The molecule has 0 saturated carbocycles. The van der Waals surface area contributed by atoms with E-state index in [1.807, 2.05) is 0 Å². The average Bonchev–Trinajstić information content (AvgIpc) is 2.26. The third-order valence-corrected chi connectivity index (χ3v) is 3.19. The maximum Gasteiger partial charge on any atom is 0.254 e. The highest BCUT2D eigenvalue weighted by Crippen LogP contribution is 2.33. The van der Waals surface area contributed by atoms with E-state index in [-0.39, 0.29) is 10.9 Å². The van der Waals surface area contributed by atoms with Gasteiger partial charge in [-0.2, -0.15) is 0 Å². The average molecular weight is 294 g/mol. The Labute approximate surface area is 113 Å². The smallest absolute Gasteiger partial charge is 0.254 e. The highest BCUT2D eigenvalue weighted by atomic mass is 32.2. The largest absolute Gasteiger partial charge is 0.282 e. The summed E-state index contributed by atoms with van der Waals surface area (Å²) < 4.78 is 51.4. The summed E-state index contributed by atoms with van der Waals surface area (Å²) in [7, 11) is 0. The van der Waals surface area contributed by atoms with Crippen molar-refractivity contribution in [3.8, 4) is 0 Å². The molecular formula is C13H14F4OS. The number of rotatable bonds is 6. The number of thioether (sulfide) groups is 1. The molecule has 1 aromatic rings. The van der Waals surface area contributed by atoms with Crippen molar-refractivity contribution in [1.82, 2.24) is 0 Å². The lowest BCUT2D eigenvalue weighted by molar-refractivity contribution is -0.101. The monoisotopic (exact) mass is 294 g/mol. The first kappa shape index (κ1) is 16.0. The molecule has 0 aliphatic heterocycles. The summed E-state index contributed by atoms with van der Waals surface area (Å²) in [6.07, 6.45) is -2.22. The fraction of sp³-hybridized carbons (Fsp3) is 0.462. The number of carbonyl (C=O) groups excluding carboxylic acids is 1. The molecule has 19 heavy (non-hydrogen) atoms. The quantitative estimate of drug-likeness (QED) is 0.711. The molecule has 0 saturated heterocycles. The van der Waals surface area contributed by atoms with Gasteiger partial charge in [-0.05, 0) is 6.92 Å². The van der Waals surface area contributed by atoms with Crippen LogP contribution in [0, 0.1) is 0 Å². The van der Waals surface area contributed by atoms with Gasteiger partial charge < -0.3 is 0 Å². The molecule has 6 heteroatoms. The molecule has 0 spiro atoms. The molecule has 0 radical (unpaired) electrons. The highest BCUT2D eigenvalue weighted by Gasteiger charge is 2.39. The lowest BCUT2D eigenvalue weighted by Crippen LogP contribution is -2.27. The Morgan fingerprint density at radius 2 is 1.74 bits per heavy atom. The molecule has 0 aliphatic carbocycles. The van der Waals surface area contributed by atoms with E-state index in [0.717, 1.165) is 11.8 Å². The fourth-order valence-corrected chi connectivity index (χ4v) is 2.38. The maximum atomic E-state index is 13.2. The van der Waals surface area contributed by atoms with Crippen LogP contribution in [0.25, 0.3) is 0 Å². The van der Waals surface area contributed by atoms with Gasteiger partial charge in [0.2, 0.25) is 5.12 Å². The third kappa shape index (κ3) is 6.61. The molecule has 106 valence electrons. The van der Waals surface area contributed by atoms with E-state index < -0.39 is 24.7 Å². The van der Waals surface area contributed by atoms with E-state index in [0.29, 0.717) is 12.5 Å². The highest BCUT2D eigenvalue weighted by molar-refractivity contribution is 8.14. The zero-order chi connectivity index (χ0) is 14.5. The van der Waals surface area contributed by atoms with Crippen molar-refractivity contribution in [2.45, 2.75) is 31.6 Å². The van der Waals surface area contributed by atoms with Crippen LogP contribution < -0.4 is 0 Å². The Hall–Kier alpha value is -1.04. The fourth-order valence-electron chi connectivity index (χ4n) is 1.49. The zero-order valence-corrected chi connectivity index (χ0v) is 11.2. The second kappa shape index (κ2) is 6.41. The first-order valence-corrected chi connectivity index (χ1v) is 6.66. The van der Waals surface area contributed by atoms with Crippen LogP contribution >= 0.6 is 11.8 Å². The molecule has 1 rings (SSSR count). The van der Waals surface area contributed by atoms with Crippen molar-refractivity contribution >= 4 is 16.9 Å². The van der Waals surface area contributed by atoms with E-state index in [2.05, 4.69) is 0 Å². The number of carbonyl (C=O) groups is 1. The SMILES string of the molecule is CC(F)(F)CC(F)(F)CCSC(=O)c1ccccc1. The minimum Gasteiger partial charge on any atom is -0.282 e. The van der Waals surface area contributed by atoms with Crippen LogP contribution in [-0.2, 0) is 0 Å². The molecular weight excluding hydrogens is 280 g/mol. The van der Waals surface area contributed by atoms with Gasteiger partial charge in [-0.3, -0.25) is 4.79 Å². The summed E-state index contributed by atoms with van der Waals surface area (Å²) in [4.78, 5) is 11.6. The molecule has 1 aromatic carbocycles. The van der Waals surface area contributed by atoms with Crippen molar-refractivity contribution in [3.05, 3.63) is 35.9 Å². The number of alkyl halides is 4. The Balaban J connectivity index is 2.40. The van der Waals surface area contributed by atoms with Crippen molar-refractivity contribution in [3.63, 3.8) is 0 Å². The Morgan fingerprint density at radius 3 is 2.26 bits per heavy atom.